The second-order valence-electron chi connectivity index (χ2n) is 4.36. The molecule has 1 amide bonds. The van der Waals surface area contributed by atoms with Gasteiger partial charge < -0.3 is 11.1 Å². The van der Waals surface area contributed by atoms with Crippen LogP contribution >= 0.6 is 22.9 Å². The standard InChI is InChI=1S/C13H12ClN3O3S/c1-7-2-3-21-11(7)6-16-13(18)9-4-8(17(19)20)5-10(14)12(9)15/h2-5H,6,15H2,1H3,(H,16,18). The van der Waals surface area contributed by atoms with Crippen LogP contribution in [0.1, 0.15) is 20.8 Å². The Bertz CT molecular complexity index is 715. The molecule has 3 N–H and O–H groups in total. The summed E-state index contributed by atoms with van der Waals surface area (Å²) in [5, 5.41) is 15.4. The highest BCUT2D eigenvalue weighted by atomic mass is 35.5. The molecule has 1 aromatic heterocycles. The number of nitrogens with one attached hydrogen (secondary N) is 1. The van der Waals surface area contributed by atoms with E-state index >= 15 is 0 Å². The first kappa shape index (κ1) is 15.3. The largest absolute Gasteiger partial charge is 0.397 e. The number of nitrogen functional groups attached to an aromatic ring is 1. The normalized spacial score (nSPS) is 10.4. The van der Waals surface area contributed by atoms with Gasteiger partial charge in [0.2, 0.25) is 0 Å². The molecule has 0 fully saturated rings. The van der Waals surface area contributed by atoms with Gasteiger partial charge in [-0.1, -0.05) is 11.6 Å². The van der Waals surface area contributed by atoms with Gasteiger partial charge in [-0.25, -0.2) is 0 Å². The molecule has 0 radical (unpaired) electrons. The van der Waals surface area contributed by atoms with Gasteiger partial charge >= 0.3 is 0 Å². The van der Waals surface area contributed by atoms with Gasteiger partial charge in [0.25, 0.3) is 11.6 Å². The van der Waals surface area contributed by atoms with Crippen LogP contribution in [0.15, 0.2) is 23.6 Å². The molecule has 0 aliphatic carbocycles. The van der Waals surface area contributed by atoms with E-state index in [4.69, 9.17) is 17.3 Å². The second-order valence-corrected chi connectivity index (χ2v) is 5.76. The zero-order valence-corrected chi connectivity index (χ0v) is 12.6. The van der Waals surface area contributed by atoms with E-state index in [1.165, 1.54) is 11.3 Å². The lowest BCUT2D eigenvalue weighted by atomic mass is 10.1. The van der Waals surface area contributed by atoms with E-state index in [-0.39, 0.29) is 22.0 Å². The highest BCUT2D eigenvalue weighted by Gasteiger charge is 2.18. The fourth-order valence-electron chi connectivity index (χ4n) is 1.74. The number of anilines is 1. The third kappa shape index (κ3) is 3.32. The van der Waals surface area contributed by atoms with E-state index in [0.717, 1.165) is 22.6 Å². The first-order chi connectivity index (χ1) is 9.90. The van der Waals surface area contributed by atoms with Crippen molar-refractivity contribution in [2.24, 2.45) is 0 Å². The third-order valence-electron chi connectivity index (χ3n) is 2.95. The summed E-state index contributed by atoms with van der Waals surface area (Å²) < 4.78 is 0. The lowest BCUT2D eigenvalue weighted by Crippen LogP contribution is -2.24. The van der Waals surface area contributed by atoms with E-state index in [0.29, 0.717) is 6.54 Å². The van der Waals surface area contributed by atoms with Gasteiger partial charge in [0, 0.05) is 17.0 Å². The number of carbonyl (C=O) groups excluding carboxylic acids is 1. The van der Waals surface area contributed by atoms with Crippen LogP contribution < -0.4 is 11.1 Å². The number of benzene rings is 1. The second kappa shape index (κ2) is 6.11. The molecule has 6 nitrogen and oxygen atoms in total. The lowest BCUT2D eigenvalue weighted by molar-refractivity contribution is -0.384. The van der Waals surface area contributed by atoms with Crippen molar-refractivity contribution < 1.29 is 9.72 Å². The maximum atomic E-state index is 12.1. The molecule has 8 heteroatoms. The maximum Gasteiger partial charge on any atom is 0.271 e. The molecule has 110 valence electrons. The molecule has 0 bridgehead atoms. The summed E-state index contributed by atoms with van der Waals surface area (Å²) in [5.74, 6) is -0.495. The number of nitrogens with two attached hydrogens (primary N) is 1. The molecule has 0 aliphatic heterocycles. The van der Waals surface area contributed by atoms with Gasteiger partial charge in [-0.3, -0.25) is 14.9 Å². The Kier molecular flexibility index (Phi) is 4.44. The van der Waals surface area contributed by atoms with Crippen molar-refractivity contribution in [3.05, 3.63) is 54.7 Å². The molecule has 0 aliphatic rings. The molecule has 1 heterocycles. The van der Waals surface area contributed by atoms with Crippen molar-refractivity contribution in [1.29, 1.82) is 0 Å². The minimum atomic E-state index is -0.620. The first-order valence-corrected chi connectivity index (χ1v) is 7.20. The molecule has 0 spiro atoms. The van der Waals surface area contributed by atoms with Crippen LogP contribution in [0.2, 0.25) is 5.02 Å². The molecular weight excluding hydrogens is 314 g/mol. The van der Waals surface area contributed by atoms with Gasteiger partial charge in [0.05, 0.1) is 27.7 Å². The minimum Gasteiger partial charge on any atom is -0.397 e. The summed E-state index contributed by atoms with van der Waals surface area (Å²) in [4.78, 5) is 23.3. The summed E-state index contributed by atoms with van der Waals surface area (Å²) in [6, 6.07) is 4.19. The topological polar surface area (TPSA) is 98.3 Å². The molecule has 0 saturated carbocycles. The van der Waals surface area contributed by atoms with E-state index in [1.807, 2.05) is 18.4 Å². The first-order valence-electron chi connectivity index (χ1n) is 5.94. The fourth-order valence-corrected chi connectivity index (χ4v) is 2.80. The average molecular weight is 326 g/mol. The highest BCUT2D eigenvalue weighted by Crippen LogP contribution is 2.29. The van der Waals surface area contributed by atoms with Crippen LogP contribution in [0.25, 0.3) is 0 Å². The molecular formula is C13H12ClN3O3S. The van der Waals surface area contributed by atoms with Crippen molar-refractivity contribution in [2.45, 2.75) is 13.5 Å². The van der Waals surface area contributed by atoms with Gasteiger partial charge in [-0.15, -0.1) is 11.3 Å². The number of hydrogen-bond acceptors (Lipinski definition) is 5. The number of aryl methyl sites for hydroxylation is 1. The monoisotopic (exact) mass is 325 g/mol. The SMILES string of the molecule is Cc1ccsc1CNC(=O)c1cc([N+](=O)[O-])cc(Cl)c1N. The Hall–Kier alpha value is -2.12. The minimum absolute atomic E-state index is 0.00316. The molecule has 2 rings (SSSR count). The Morgan fingerprint density at radius 3 is 2.81 bits per heavy atom. The summed E-state index contributed by atoms with van der Waals surface area (Å²) >= 11 is 7.35. The van der Waals surface area contributed by atoms with Crippen LogP contribution in [0, 0.1) is 17.0 Å². The highest BCUT2D eigenvalue weighted by molar-refractivity contribution is 7.10. The number of nitrogens with zero attached hydrogens (tertiary/aromatic N) is 1. The lowest BCUT2D eigenvalue weighted by Gasteiger charge is -2.08. The van der Waals surface area contributed by atoms with Crippen LogP contribution in [-0.2, 0) is 6.54 Å². The Labute approximate surface area is 129 Å². The van der Waals surface area contributed by atoms with Crippen molar-refractivity contribution in [1.82, 2.24) is 5.32 Å². The van der Waals surface area contributed by atoms with Gasteiger partial charge in [-0.05, 0) is 23.9 Å². The predicted molar refractivity (Wildman–Crippen MR) is 82.7 cm³/mol. The molecule has 0 unspecified atom stereocenters. The zero-order chi connectivity index (χ0) is 15.6. The van der Waals surface area contributed by atoms with E-state index in [9.17, 15) is 14.9 Å². The fraction of sp³-hybridized carbons (Fsp3) is 0.154. The van der Waals surface area contributed by atoms with Gasteiger partial charge in [-0.2, -0.15) is 0 Å². The molecule has 1 aromatic carbocycles. The number of thiophene rings is 1. The summed E-state index contributed by atoms with van der Waals surface area (Å²) in [7, 11) is 0. The molecule has 2 aromatic rings. The Morgan fingerprint density at radius 2 is 2.24 bits per heavy atom. The van der Waals surface area contributed by atoms with Crippen molar-refractivity contribution >= 4 is 40.2 Å². The zero-order valence-electron chi connectivity index (χ0n) is 11.1. The van der Waals surface area contributed by atoms with Crippen molar-refractivity contribution in [2.75, 3.05) is 5.73 Å². The number of amides is 1. The summed E-state index contributed by atoms with van der Waals surface area (Å²) in [5.41, 5.74) is 6.55. The number of nitro benzene ring substituents is 1. The van der Waals surface area contributed by atoms with Gasteiger partial charge in [0.1, 0.15) is 0 Å². The Morgan fingerprint density at radius 1 is 1.52 bits per heavy atom. The average Bonchev–Trinajstić information content (AvgIpc) is 2.84. The number of nitro groups is 1. The smallest absolute Gasteiger partial charge is 0.271 e. The summed E-state index contributed by atoms with van der Waals surface area (Å²) in [6.45, 7) is 2.28. The van der Waals surface area contributed by atoms with E-state index < -0.39 is 10.8 Å². The van der Waals surface area contributed by atoms with Crippen molar-refractivity contribution in [3.63, 3.8) is 0 Å². The van der Waals surface area contributed by atoms with E-state index in [2.05, 4.69) is 5.32 Å². The molecule has 0 saturated heterocycles. The van der Waals surface area contributed by atoms with Gasteiger partial charge in [0.15, 0.2) is 0 Å². The number of carbonyl (C=O) groups is 1. The Balaban J connectivity index is 2.22. The maximum absolute atomic E-state index is 12.1. The van der Waals surface area contributed by atoms with E-state index in [1.54, 1.807) is 0 Å². The quantitative estimate of drug-likeness (QED) is 0.512. The van der Waals surface area contributed by atoms with Crippen LogP contribution in [0.3, 0.4) is 0 Å². The number of hydrogen-bond donors (Lipinski definition) is 2. The third-order valence-corrected chi connectivity index (χ3v) is 4.28. The summed E-state index contributed by atoms with van der Waals surface area (Å²) in [6.07, 6.45) is 0. The molecule has 0 atom stereocenters. The number of non-ortho nitro benzene ring substituents is 1. The van der Waals surface area contributed by atoms with Crippen LogP contribution in [-0.4, -0.2) is 10.8 Å². The number of halogens is 1. The van der Waals surface area contributed by atoms with Crippen LogP contribution in [0.5, 0.6) is 0 Å². The van der Waals surface area contributed by atoms with Crippen molar-refractivity contribution in [3.8, 4) is 0 Å². The van der Waals surface area contributed by atoms with Crippen LogP contribution in [0.4, 0.5) is 11.4 Å². The predicted octanol–water partition coefficient (Wildman–Crippen LogP) is 3.13. The number of rotatable bonds is 4. The molecule has 21 heavy (non-hydrogen) atoms.